The number of benzene rings is 1. The zero-order valence-electron chi connectivity index (χ0n) is 10.9. The van der Waals surface area contributed by atoms with Crippen molar-refractivity contribution < 1.29 is 13.9 Å². The second-order valence-corrected chi connectivity index (χ2v) is 5.43. The maximum absolute atomic E-state index is 12.8. The number of carbonyl (C=O) groups excluding carboxylic acids is 1. The molecule has 2 rings (SSSR count). The van der Waals surface area contributed by atoms with Crippen LogP contribution in [0.2, 0.25) is 5.15 Å². The summed E-state index contributed by atoms with van der Waals surface area (Å²) in [7, 11) is 3.11. The Balaban J connectivity index is 2.15. The number of halogens is 2. The van der Waals surface area contributed by atoms with E-state index in [0.29, 0.717) is 11.7 Å². The van der Waals surface area contributed by atoms with Gasteiger partial charge in [-0.15, -0.1) is 0 Å². The molecule has 1 heterocycles. The second kappa shape index (κ2) is 6.19. The van der Waals surface area contributed by atoms with E-state index in [1.165, 1.54) is 19.2 Å². The van der Waals surface area contributed by atoms with E-state index in [-0.39, 0.29) is 15.8 Å². The molecule has 1 aromatic carbocycles. The molecule has 0 unspecified atom stereocenters. The molecule has 0 atom stereocenters. The Bertz CT molecular complexity index is 615. The fraction of sp³-hybridized carbons (Fsp3) is 0.231. The third-order valence-corrected chi connectivity index (χ3v) is 4.14. The van der Waals surface area contributed by atoms with Crippen LogP contribution < -0.4 is 4.90 Å². The van der Waals surface area contributed by atoms with Gasteiger partial charge in [0.2, 0.25) is 0 Å². The van der Waals surface area contributed by atoms with Gasteiger partial charge in [-0.05, 0) is 17.7 Å². The number of hydrogen-bond acceptors (Lipinski definition) is 5. The third kappa shape index (κ3) is 3.26. The van der Waals surface area contributed by atoms with Crippen molar-refractivity contribution in [1.29, 1.82) is 0 Å². The zero-order chi connectivity index (χ0) is 14.7. The molecule has 0 spiro atoms. The summed E-state index contributed by atoms with van der Waals surface area (Å²) < 4.78 is 17.5. The molecule has 4 nitrogen and oxygen atoms in total. The van der Waals surface area contributed by atoms with Crippen LogP contribution in [0.4, 0.5) is 9.52 Å². The van der Waals surface area contributed by atoms with E-state index in [4.69, 9.17) is 11.6 Å². The summed E-state index contributed by atoms with van der Waals surface area (Å²) in [5.41, 5.74) is 0.930. The maximum atomic E-state index is 12.8. The number of rotatable bonds is 4. The Morgan fingerprint density at radius 2 is 2.10 bits per heavy atom. The van der Waals surface area contributed by atoms with Crippen molar-refractivity contribution >= 4 is 34.0 Å². The molecule has 0 aliphatic carbocycles. The smallest absolute Gasteiger partial charge is 0.351 e. The van der Waals surface area contributed by atoms with Gasteiger partial charge < -0.3 is 9.64 Å². The SMILES string of the molecule is COC(=O)c1sc(N(C)Cc2ccc(F)cc2)nc1Cl. The highest BCUT2D eigenvalue weighted by atomic mass is 35.5. The molecule has 0 aliphatic heterocycles. The van der Waals surface area contributed by atoms with Gasteiger partial charge in [0.05, 0.1) is 7.11 Å². The molecule has 0 radical (unpaired) electrons. The van der Waals surface area contributed by atoms with Crippen LogP contribution >= 0.6 is 22.9 Å². The van der Waals surface area contributed by atoms with E-state index in [9.17, 15) is 9.18 Å². The number of methoxy groups -OCH3 is 1. The van der Waals surface area contributed by atoms with Crippen molar-refractivity contribution in [2.24, 2.45) is 0 Å². The molecule has 0 saturated carbocycles. The summed E-state index contributed by atoms with van der Waals surface area (Å²) in [4.78, 5) is 17.7. The average molecular weight is 315 g/mol. The standard InChI is InChI=1S/C13H12ClFN2O2S/c1-17(7-8-3-5-9(15)6-4-8)13-16-11(14)10(20-13)12(18)19-2/h3-6H,7H2,1-2H3. The summed E-state index contributed by atoms with van der Waals surface area (Å²) in [6.45, 7) is 0.532. The van der Waals surface area contributed by atoms with Crippen LogP contribution in [0, 0.1) is 5.82 Å². The van der Waals surface area contributed by atoms with E-state index >= 15 is 0 Å². The average Bonchev–Trinajstić information content (AvgIpc) is 2.82. The van der Waals surface area contributed by atoms with Crippen LogP contribution in [0.1, 0.15) is 15.2 Å². The Morgan fingerprint density at radius 1 is 1.45 bits per heavy atom. The number of esters is 1. The first-order valence-electron chi connectivity index (χ1n) is 5.71. The van der Waals surface area contributed by atoms with Crippen LogP contribution in [0.5, 0.6) is 0 Å². The Hall–Kier alpha value is -1.66. The van der Waals surface area contributed by atoms with E-state index in [2.05, 4.69) is 9.72 Å². The predicted octanol–water partition coefficient (Wildman–Crippen LogP) is 3.36. The van der Waals surface area contributed by atoms with Gasteiger partial charge in [0.15, 0.2) is 15.2 Å². The lowest BCUT2D eigenvalue weighted by molar-refractivity contribution is 0.0606. The maximum Gasteiger partial charge on any atom is 0.351 e. The second-order valence-electron chi connectivity index (χ2n) is 4.09. The lowest BCUT2D eigenvalue weighted by Gasteiger charge is -2.15. The van der Waals surface area contributed by atoms with Crippen LogP contribution in [0.3, 0.4) is 0 Å². The molecular weight excluding hydrogens is 303 g/mol. The first kappa shape index (κ1) is 14.7. The Kier molecular flexibility index (Phi) is 4.57. The first-order chi connectivity index (χ1) is 9.51. The van der Waals surface area contributed by atoms with Crippen LogP contribution in [-0.2, 0) is 11.3 Å². The van der Waals surface area contributed by atoms with Gasteiger partial charge in [-0.2, -0.15) is 0 Å². The molecule has 20 heavy (non-hydrogen) atoms. The molecular formula is C13H12ClFN2O2S. The minimum Gasteiger partial charge on any atom is -0.465 e. The monoisotopic (exact) mass is 314 g/mol. The van der Waals surface area contributed by atoms with E-state index in [1.807, 2.05) is 11.9 Å². The topological polar surface area (TPSA) is 42.4 Å². The molecule has 1 aromatic heterocycles. The van der Waals surface area contributed by atoms with Crippen molar-refractivity contribution in [2.45, 2.75) is 6.54 Å². The Labute approximate surface area is 124 Å². The molecule has 0 N–H and O–H groups in total. The normalized spacial score (nSPS) is 10.4. The van der Waals surface area contributed by atoms with Gasteiger partial charge in [0.1, 0.15) is 5.82 Å². The van der Waals surface area contributed by atoms with Crippen LogP contribution in [0.25, 0.3) is 0 Å². The molecule has 0 amide bonds. The summed E-state index contributed by atoms with van der Waals surface area (Å²) in [5.74, 6) is -0.782. The molecule has 2 aromatic rings. The van der Waals surface area contributed by atoms with Crippen molar-refractivity contribution in [3.8, 4) is 0 Å². The van der Waals surface area contributed by atoms with E-state index in [1.54, 1.807) is 12.1 Å². The predicted molar refractivity (Wildman–Crippen MR) is 77.0 cm³/mol. The zero-order valence-corrected chi connectivity index (χ0v) is 12.5. The number of nitrogens with zero attached hydrogens (tertiary/aromatic N) is 2. The molecule has 0 bridgehead atoms. The van der Waals surface area contributed by atoms with Crippen molar-refractivity contribution in [3.63, 3.8) is 0 Å². The highest BCUT2D eigenvalue weighted by Gasteiger charge is 2.19. The summed E-state index contributed by atoms with van der Waals surface area (Å²) in [5, 5.41) is 0.725. The fourth-order valence-electron chi connectivity index (χ4n) is 1.60. The molecule has 0 saturated heterocycles. The largest absolute Gasteiger partial charge is 0.465 e. The Morgan fingerprint density at radius 3 is 2.70 bits per heavy atom. The third-order valence-electron chi connectivity index (χ3n) is 2.60. The fourth-order valence-corrected chi connectivity index (χ4v) is 2.76. The minimum atomic E-state index is -0.506. The first-order valence-corrected chi connectivity index (χ1v) is 6.91. The molecule has 0 fully saturated rings. The van der Waals surface area contributed by atoms with Gasteiger partial charge in [0, 0.05) is 13.6 Å². The number of aromatic nitrogens is 1. The highest BCUT2D eigenvalue weighted by molar-refractivity contribution is 7.18. The summed E-state index contributed by atoms with van der Waals surface area (Å²) in [6.07, 6.45) is 0. The van der Waals surface area contributed by atoms with Crippen molar-refractivity contribution in [3.05, 3.63) is 45.7 Å². The summed E-state index contributed by atoms with van der Waals surface area (Å²) in [6, 6.07) is 6.19. The highest BCUT2D eigenvalue weighted by Crippen LogP contribution is 2.30. The lowest BCUT2D eigenvalue weighted by atomic mass is 10.2. The van der Waals surface area contributed by atoms with Gasteiger partial charge in [-0.1, -0.05) is 35.1 Å². The number of anilines is 1. The van der Waals surface area contributed by atoms with E-state index < -0.39 is 5.97 Å². The quantitative estimate of drug-likeness (QED) is 0.812. The van der Waals surface area contributed by atoms with Crippen LogP contribution in [0.15, 0.2) is 24.3 Å². The number of ether oxygens (including phenoxy) is 1. The molecule has 0 aliphatic rings. The van der Waals surface area contributed by atoms with Gasteiger partial charge >= 0.3 is 5.97 Å². The van der Waals surface area contributed by atoms with Crippen LogP contribution in [-0.4, -0.2) is 25.1 Å². The lowest BCUT2D eigenvalue weighted by Crippen LogP contribution is -2.15. The van der Waals surface area contributed by atoms with Crippen molar-refractivity contribution in [1.82, 2.24) is 4.98 Å². The summed E-state index contributed by atoms with van der Waals surface area (Å²) >= 11 is 7.07. The van der Waals surface area contributed by atoms with Crippen molar-refractivity contribution in [2.75, 3.05) is 19.1 Å². The molecule has 7 heteroatoms. The number of thiazole rings is 1. The van der Waals surface area contributed by atoms with Gasteiger partial charge in [-0.3, -0.25) is 0 Å². The van der Waals surface area contributed by atoms with E-state index in [0.717, 1.165) is 16.9 Å². The van der Waals surface area contributed by atoms with Gasteiger partial charge in [-0.25, -0.2) is 14.2 Å². The molecule has 106 valence electrons. The number of carbonyl (C=O) groups is 1. The number of hydrogen-bond donors (Lipinski definition) is 0. The van der Waals surface area contributed by atoms with Gasteiger partial charge in [0.25, 0.3) is 0 Å². The minimum absolute atomic E-state index is 0.128.